The van der Waals surface area contributed by atoms with E-state index in [1.807, 2.05) is 6.07 Å². The van der Waals surface area contributed by atoms with Gasteiger partial charge in [0.1, 0.15) is 30.7 Å². The van der Waals surface area contributed by atoms with Gasteiger partial charge in [-0.2, -0.15) is 0 Å². The summed E-state index contributed by atoms with van der Waals surface area (Å²) in [5, 5.41) is 53.0. The molecule has 0 radical (unpaired) electrons. The van der Waals surface area contributed by atoms with E-state index >= 15 is 0 Å². The van der Waals surface area contributed by atoms with Gasteiger partial charge in [-0.05, 0) is 5.56 Å². The molecule has 3 heterocycles. The van der Waals surface area contributed by atoms with Crippen molar-refractivity contribution in [3.05, 3.63) is 48.5 Å². The van der Waals surface area contributed by atoms with Crippen molar-refractivity contribution in [2.75, 3.05) is 18.5 Å². The molecule has 160 valence electrons. The Morgan fingerprint density at radius 3 is 2.50 bits per heavy atom. The lowest BCUT2D eigenvalue weighted by Crippen LogP contribution is -2.33. The van der Waals surface area contributed by atoms with E-state index in [1.54, 1.807) is 24.3 Å². The minimum atomic E-state index is -1.28. The Balaban J connectivity index is 1.62. The number of hydrogen-bond acceptors (Lipinski definition) is 10. The molecule has 1 unspecified atom stereocenters. The molecule has 11 heteroatoms. The lowest BCUT2D eigenvalue weighted by molar-refractivity contribution is -0.0511. The molecule has 6 N–H and O–H groups in total. The molecule has 0 amide bonds. The van der Waals surface area contributed by atoms with Gasteiger partial charge in [0.25, 0.3) is 0 Å². The van der Waals surface area contributed by atoms with Crippen LogP contribution in [0.4, 0.5) is 5.82 Å². The molecule has 6 atom stereocenters. The molecule has 11 nitrogen and oxygen atoms in total. The van der Waals surface area contributed by atoms with Crippen molar-refractivity contribution in [1.82, 2.24) is 19.5 Å². The van der Waals surface area contributed by atoms with E-state index in [0.29, 0.717) is 16.7 Å². The fourth-order valence-electron chi connectivity index (χ4n) is 3.54. The lowest BCUT2D eigenvalue weighted by Gasteiger charge is -2.23. The minimum absolute atomic E-state index is 0.277. The molecule has 3 aromatic rings. The first-order chi connectivity index (χ1) is 14.5. The van der Waals surface area contributed by atoms with Gasteiger partial charge in [0.2, 0.25) is 0 Å². The van der Waals surface area contributed by atoms with E-state index in [4.69, 9.17) is 4.74 Å². The van der Waals surface area contributed by atoms with Crippen LogP contribution in [0.1, 0.15) is 17.9 Å². The van der Waals surface area contributed by atoms with Gasteiger partial charge in [0, 0.05) is 0 Å². The summed E-state index contributed by atoms with van der Waals surface area (Å²) in [5.74, 6) is 0.277. The number of aromatic nitrogens is 4. The van der Waals surface area contributed by atoms with Crippen LogP contribution < -0.4 is 5.32 Å². The van der Waals surface area contributed by atoms with Crippen LogP contribution >= 0.6 is 0 Å². The fraction of sp³-hybridized carbons (Fsp3) is 0.421. The van der Waals surface area contributed by atoms with Gasteiger partial charge >= 0.3 is 0 Å². The van der Waals surface area contributed by atoms with Crippen LogP contribution in [0.25, 0.3) is 11.2 Å². The first-order valence-electron chi connectivity index (χ1n) is 9.45. The molecule has 30 heavy (non-hydrogen) atoms. The van der Waals surface area contributed by atoms with Gasteiger partial charge in [-0.1, -0.05) is 30.3 Å². The molecule has 1 aliphatic heterocycles. The minimum Gasteiger partial charge on any atom is -0.394 e. The largest absolute Gasteiger partial charge is 0.394 e. The lowest BCUT2D eigenvalue weighted by atomic mass is 10.0. The summed E-state index contributed by atoms with van der Waals surface area (Å²) in [7, 11) is 0. The maximum absolute atomic E-state index is 10.6. The molecule has 1 fully saturated rings. The Hall–Kier alpha value is -2.67. The number of nitrogens with one attached hydrogen (secondary N) is 1. The Morgan fingerprint density at radius 1 is 1.07 bits per heavy atom. The van der Waals surface area contributed by atoms with Gasteiger partial charge in [-0.3, -0.25) is 4.57 Å². The maximum atomic E-state index is 10.6. The number of nitrogens with zero attached hydrogens (tertiary/aromatic N) is 4. The Morgan fingerprint density at radius 2 is 1.83 bits per heavy atom. The normalized spacial score (nSPS) is 26.0. The number of benzene rings is 1. The van der Waals surface area contributed by atoms with E-state index < -0.39 is 43.3 Å². The second kappa shape index (κ2) is 8.60. The molecule has 1 saturated heterocycles. The number of aliphatic hydroxyl groups excluding tert-OH is 5. The third-order valence-corrected chi connectivity index (χ3v) is 5.19. The third-order valence-electron chi connectivity index (χ3n) is 5.19. The second-order valence-electron chi connectivity index (χ2n) is 7.06. The number of rotatable bonds is 7. The maximum Gasteiger partial charge on any atom is 0.167 e. The van der Waals surface area contributed by atoms with Gasteiger partial charge < -0.3 is 35.6 Å². The summed E-state index contributed by atoms with van der Waals surface area (Å²) in [4.78, 5) is 12.6. The Bertz CT molecular complexity index is 986. The van der Waals surface area contributed by atoms with Crippen molar-refractivity contribution >= 4 is 17.0 Å². The van der Waals surface area contributed by atoms with Crippen molar-refractivity contribution in [3.8, 4) is 0 Å². The zero-order valence-electron chi connectivity index (χ0n) is 15.9. The van der Waals surface area contributed by atoms with Crippen LogP contribution in [-0.2, 0) is 4.74 Å². The van der Waals surface area contributed by atoms with Crippen LogP contribution in [-0.4, -0.2) is 82.6 Å². The number of imidazole rings is 1. The van der Waals surface area contributed by atoms with E-state index in [1.165, 1.54) is 17.2 Å². The molecule has 0 bridgehead atoms. The smallest absolute Gasteiger partial charge is 0.167 e. The van der Waals surface area contributed by atoms with Gasteiger partial charge in [0.15, 0.2) is 23.2 Å². The number of aliphatic hydroxyl groups is 5. The van der Waals surface area contributed by atoms with E-state index in [-0.39, 0.29) is 12.4 Å². The summed E-state index contributed by atoms with van der Waals surface area (Å²) in [5.41, 5.74) is 1.27. The fourth-order valence-corrected chi connectivity index (χ4v) is 3.54. The number of fused-ring (bicyclic) bond motifs is 1. The van der Waals surface area contributed by atoms with Crippen LogP contribution in [0.15, 0.2) is 43.0 Å². The molecule has 2 aromatic heterocycles. The second-order valence-corrected chi connectivity index (χ2v) is 7.06. The molecule has 0 aliphatic carbocycles. The van der Waals surface area contributed by atoms with Gasteiger partial charge in [0.05, 0.1) is 25.6 Å². The predicted octanol–water partition coefficient (Wildman–Crippen LogP) is -1.06. The summed E-state index contributed by atoms with van der Waals surface area (Å²) < 4.78 is 6.98. The SMILES string of the molecule is OC[C@H](Nc1ncnc2c1ncn2[C@@H]1O[C@H](CO)C(O)[C@@H]1O)[C@@H](O)c1ccccc1. The summed E-state index contributed by atoms with van der Waals surface area (Å²) >= 11 is 0. The molecule has 1 aliphatic rings. The van der Waals surface area contributed by atoms with Crippen LogP contribution in [0.3, 0.4) is 0 Å². The van der Waals surface area contributed by atoms with Crippen LogP contribution in [0.5, 0.6) is 0 Å². The number of hydrogen-bond donors (Lipinski definition) is 6. The van der Waals surface area contributed by atoms with E-state index in [2.05, 4.69) is 20.3 Å². The first-order valence-corrected chi connectivity index (χ1v) is 9.45. The number of ether oxygens (including phenoxy) is 1. The topological polar surface area (TPSA) is 166 Å². The van der Waals surface area contributed by atoms with Crippen molar-refractivity contribution in [2.45, 2.75) is 36.7 Å². The number of anilines is 1. The summed E-state index contributed by atoms with van der Waals surface area (Å²) in [6, 6.07) is 8.15. The summed E-state index contributed by atoms with van der Waals surface area (Å²) in [6.07, 6.45) is -2.80. The zero-order valence-corrected chi connectivity index (χ0v) is 15.9. The van der Waals surface area contributed by atoms with E-state index in [0.717, 1.165) is 0 Å². The van der Waals surface area contributed by atoms with Gasteiger partial charge in [-0.15, -0.1) is 0 Å². The molecule has 0 spiro atoms. The van der Waals surface area contributed by atoms with Gasteiger partial charge in [-0.25, -0.2) is 15.0 Å². The van der Waals surface area contributed by atoms with Crippen molar-refractivity contribution in [3.63, 3.8) is 0 Å². The summed E-state index contributed by atoms with van der Waals surface area (Å²) in [6.45, 7) is -0.810. The monoisotopic (exact) mass is 417 g/mol. The zero-order chi connectivity index (χ0) is 21.3. The third kappa shape index (κ3) is 3.62. The molecular weight excluding hydrogens is 394 g/mol. The average molecular weight is 417 g/mol. The highest BCUT2D eigenvalue weighted by Gasteiger charge is 2.44. The quantitative estimate of drug-likeness (QED) is 0.279. The molecule has 4 rings (SSSR count). The van der Waals surface area contributed by atoms with E-state index in [9.17, 15) is 25.5 Å². The molecule has 0 saturated carbocycles. The highest BCUT2D eigenvalue weighted by Crippen LogP contribution is 2.32. The van der Waals surface area contributed by atoms with Crippen molar-refractivity contribution < 1.29 is 30.3 Å². The Kier molecular flexibility index (Phi) is 5.90. The van der Waals surface area contributed by atoms with Crippen molar-refractivity contribution in [1.29, 1.82) is 0 Å². The predicted molar refractivity (Wildman–Crippen MR) is 104 cm³/mol. The highest BCUT2D eigenvalue weighted by molar-refractivity contribution is 5.82. The van der Waals surface area contributed by atoms with Crippen LogP contribution in [0.2, 0.25) is 0 Å². The first kappa shape index (κ1) is 20.6. The molecule has 1 aromatic carbocycles. The Labute approximate surface area is 171 Å². The average Bonchev–Trinajstić information content (AvgIpc) is 3.33. The standard InChI is InChI=1S/C19H23N5O6/c25-6-11(14(27)10-4-2-1-3-5-10)23-17-13-18(21-8-20-17)24(9-22-13)19-16(29)15(28)12(7-26)30-19/h1-5,8-9,11-12,14-16,19,25-29H,6-7H2,(H,20,21,23)/t11-,12+,14-,15?,16-,19+/m0/s1. The molecular formula is C19H23N5O6. The van der Waals surface area contributed by atoms with Crippen LogP contribution in [0, 0.1) is 0 Å². The van der Waals surface area contributed by atoms with Crippen molar-refractivity contribution in [2.24, 2.45) is 0 Å². The highest BCUT2D eigenvalue weighted by atomic mass is 16.6.